The van der Waals surface area contributed by atoms with Gasteiger partial charge in [0.1, 0.15) is 12.7 Å². The van der Waals surface area contributed by atoms with Gasteiger partial charge in [0, 0.05) is 56.1 Å². The van der Waals surface area contributed by atoms with Crippen molar-refractivity contribution in [3.8, 4) is 0 Å². The van der Waals surface area contributed by atoms with Crippen molar-refractivity contribution in [3.05, 3.63) is 71.8 Å². The molecule has 1 spiro atoms. The van der Waals surface area contributed by atoms with E-state index in [1.54, 1.807) is 24.3 Å². The number of nitrogens with zero attached hydrogens (tertiary/aromatic N) is 1. The molecule has 4 aliphatic carbocycles. The van der Waals surface area contributed by atoms with E-state index in [1.807, 2.05) is 36.4 Å². The second-order valence-electron chi connectivity index (χ2n) is 21.6. The third-order valence-corrected chi connectivity index (χ3v) is 18.8. The normalized spacial score (nSPS) is 37.4. The van der Waals surface area contributed by atoms with E-state index < -0.39 is 17.7 Å². The maximum atomic E-state index is 14.7. The molecule has 2 bridgehead atoms. The first-order valence-corrected chi connectivity index (χ1v) is 24.5. The quantitative estimate of drug-likeness (QED) is 0.110. The largest absolute Gasteiger partial charge is 0.510 e. The van der Waals surface area contributed by atoms with Crippen LogP contribution < -0.4 is 5.32 Å². The molecule has 62 heavy (non-hydrogen) atoms. The summed E-state index contributed by atoms with van der Waals surface area (Å²) in [7, 11) is 0. The predicted octanol–water partition coefficient (Wildman–Crippen LogP) is 8.45. The summed E-state index contributed by atoms with van der Waals surface area (Å²) in [6, 6.07) is 19.2. The highest BCUT2D eigenvalue weighted by Crippen LogP contribution is 2.68. The molecular formula is C52H73N2O8+. The second kappa shape index (κ2) is 17.5. The Labute approximate surface area is 369 Å². The Morgan fingerprint density at radius 1 is 0.806 bits per heavy atom. The number of esters is 1. The highest BCUT2D eigenvalue weighted by atomic mass is 16.7. The van der Waals surface area contributed by atoms with Crippen LogP contribution in [0.1, 0.15) is 135 Å². The molecule has 7 fully saturated rings. The maximum absolute atomic E-state index is 14.7. The highest BCUT2D eigenvalue weighted by molar-refractivity contribution is 5.88. The van der Waals surface area contributed by atoms with Crippen molar-refractivity contribution in [2.45, 2.75) is 160 Å². The summed E-state index contributed by atoms with van der Waals surface area (Å²) in [5.41, 5.74) is -0.554. The molecule has 4 saturated carbocycles. The average Bonchev–Trinajstić information content (AvgIpc) is 3.94. The van der Waals surface area contributed by atoms with Crippen LogP contribution in [0.2, 0.25) is 0 Å². The molecular weight excluding hydrogens is 781 g/mol. The summed E-state index contributed by atoms with van der Waals surface area (Å²) in [5, 5.41) is 25.0. The van der Waals surface area contributed by atoms with E-state index in [2.05, 4.69) is 26.1 Å². The smallest absolute Gasteiger partial charge is 0.458 e. The van der Waals surface area contributed by atoms with Gasteiger partial charge in [0.2, 0.25) is 5.91 Å². The molecule has 2 aromatic rings. The summed E-state index contributed by atoms with van der Waals surface area (Å²) in [6.45, 7) is 9.70. The van der Waals surface area contributed by atoms with E-state index >= 15 is 0 Å². The van der Waals surface area contributed by atoms with Crippen molar-refractivity contribution in [1.29, 1.82) is 0 Å². The van der Waals surface area contributed by atoms with Gasteiger partial charge in [-0.15, -0.1) is 0 Å². The lowest BCUT2D eigenvalue weighted by atomic mass is 9.43. The van der Waals surface area contributed by atoms with Gasteiger partial charge in [0.05, 0.1) is 43.9 Å². The number of hydrogen-bond donors (Lipinski definition) is 3. The Bertz CT molecular complexity index is 1850. The lowest BCUT2D eigenvalue weighted by Gasteiger charge is -2.62. The summed E-state index contributed by atoms with van der Waals surface area (Å²) in [5.74, 6) is 1.91. The molecule has 12 atom stereocenters. The highest BCUT2D eigenvalue weighted by Gasteiger charge is 2.63. The second-order valence-corrected chi connectivity index (χ2v) is 21.6. The molecule has 10 nitrogen and oxygen atoms in total. The Kier molecular flexibility index (Phi) is 12.3. The van der Waals surface area contributed by atoms with Crippen LogP contribution in [0.5, 0.6) is 0 Å². The van der Waals surface area contributed by atoms with Crippen LogP contribution in [-0.4, -0.2) is 89.4 Å². The van der Waals surface area contributed by atoms with Gasteiger partial charge in [0.15, 0.2) is 0 Å². The molecule has 1 amide bonds. The van der Waals surface area contributed by atoms with Crippen LogP contribution in [0.4, 0.5) is 4.79 Å². The van der Waals surface area contributed by atoms with Crippen LogP contribution in [0.15, 0.2) is 60.7 Å². The molecule has 3 aliphatic heterocycles. The fourth-order valence-electron chi connectivity index (χ4n) is 15.8. The van der Waals surface area contributed by atoms with Crippen LogP contribution in [0.25, 0.3) is 0 Å². The number of aliphatic hydroxyl groups excluding tert-OH is 2. The lowest BCUT2D eigenvalue weighted by molar-refractivity contribution is -0.956. The molecule has 0 radical (unpaired) electrons. The number of amides is 1. The Morgan fingerprint density at radius 3 is 2.10 bits per heavy atom. The third-order valence-electron chi connectivity index (χ3n) is 18.8. The van der Waals surface area contributed by atoms with E-state index in [4.69, 9.17) is 14.2 Å². The fourth-order valence-corrected chi connectivity index (χ4v) is 15.8. The number of carbonyl (C=O) groups is 3. The average molecular weight is 854 g/mol. The number of hydrogen-bond acceptors (Lipinski definition) is 8. The first kappa shape index (κ1) is 43.8. The van der Waals surface area contributed by atoms with E-state index in [0.29, 0.717) is 65.1 Å². The monoisotopic (exact) mass is 854 g/mol. The van der Waals surface area contributed by atoms with E-state index in [9.17, 15) is 24.6 Å². The van der Waals surface area contributed by atoms with Crippen LogP contribution in [0.3, 0.4) is 0 Å². The first-order chi connectivity index (χ1) is 29.9. The SMILES string of the molecule is C[C@H](CCC(=O)NCCOC(=O)OC(C(=O)OC1CC2CCC(C1)[N+]21CCCC1)(c1ccccc1)c1ccccc1)C1CCC2C3C(CC[C@@]21C)[C@@]1(C)CC[C@@H](O)CC1C[C@H]3O. The van der Waals surface area contributed by atoms with E-state index in [-0.39, 0.29) is 48.2 Å². The fraction of sp³-hybridized carbons (Fsp3) is 0.712. The lowest BCUT2D eigenvalue weighted by Crippen LogP contribution is -2.60. The molecule has 3 saturated heterocycles. The van der Waals surface area contributed by atoms with E-state index in [0.717, 1.165) is 64.2 Å². The van der Waals surface area contributed by atoms with E-state index in [1.165, 1.54) is 49.7 Å². The minimum absolute atomic E-state index is 0.0793. The van der Waals surface area contributed by atoms with Crippen molar-refractivity contribution in [2.24, 2.45) is 46.3 Å². The maximum Gasteiger partial charge on any atom is 0.510 e. The number of nitrogens with one attached hydrogen (secondary N) is 1. The molecule has 0 aromatic heterocycles. The van der Waals surface area contributed by atoms with Crippen LogP contribution >= 0.6 is 0 Å². The number of carbonyl (C=O) groups excluding carboxylic acids is 3. The minimum atomic E-state index is -1.88. The molecule has 2 aromatic carbocycles. The molecule has 10 heteroatoms. The van der Waals surface area contributed by atoms with Crippen LogP contribution in [0, 0.1) is 46.3 Å². The van der Waals surface area contributed by atoms with Gasteiger partial charge in [-0.1, -0.05) is 81.4 Å². The van der Waals surface area contributed by atoms with Crippen molar-refractivity contribution in [3.63, 3.8) is 0 Å². The van der Waals surface area contributed by atoms with Gasteiger partial charge in [-0.3, -0.25) is 4.79 Å². The summed E-state index contributed by atoms with van der Waals surface area (Å²) < 4.78 is 19.4. The number of quaternary nitrogens is 1. The number of piperidine rings is 1. The van der Waals surface area contributed by atoms with Crippen LogP contribution in [-0.2, 0) is 29.4 Å². The molecule has 338 valence electrons. The predicted molar refractivity (Wildman–Crippen MR) is 235 cm³/mol. The molecule has 7 unspecified atom stereocenters. The summed E-state index contributed by atoms with van der Waals surface area (Å²) in [4.78, 5) is 41.5. The van der Waals surface area contributed by atoms with Crippen molar-refractivity contribution in [1.82, 2.24) is 5.32 Å². The van der Waals surface area contributed by atoms with Crippen molar-refractivity contribution >= 4 is 18.0 Å². The number of fused-ring (bicyclic) bond motifs is 5. The zero-order valence-corrected chi connectivity index (χ0v) is 37.6. The Balaban J connectivity index is 0.789. The minimum Gasteiger partial charge on any atom is -0.458 e. The van der Waals surface area contributed by atoms with Gasteiger partial charge in [-0.05, 0) is 104 Å². The molecule has 9 rings (SSSR count). The van der Waals surface area contributed by atoms with Gasteiger partial charge in [0.25, 0.3) is 5.60 Å². The van der Waals surface area contributed by atoms with Crippen molar-refractivity contribution < 1.29 is 43.3 Å². The van der Waals surface area contributed by atoms with Gasteiger partial charge >= 0.3 is 12.1 Å². The molecule has 3 heterocycles. The van der Waals surface area contributed by atoms with Crippen molar-refractivity contribution in [2.75, 3.05) is 26.2 Å². The molecule has 7 aliphatic rings. The standard InChI is InChI=1S/C52H72N2O8/c1-34(42-19-20-43-47-44(23-25-51(42,43)3)50(2)24-22-40(55)30-37(50)31-45(47)56)16-21-46(57)53-26-29-60-49(59)62-52(35-12-6-4-7-13-35,36-14-8-5-9-15-36)48(58)61-41-32-38-17-18-39(33-41)54(38)27-10-11-28-54/h4-9,12-15,34,37-45,47,55-56H,10-11,16-33H2,1-3H3/p+1/t34-,37?,38?,39?,40-,41?,42?,43?,44?,45-,47?,50+,51-/m1/s1. The van der Waals surface area contributed by atoms with Gasteiger partial charge in [-0.2, -0.15) is 0 Å². The number of benzene rings is 2. The first-order valence-electron chi connectivity index (χ1n) is 24.5. The number of rotatable bonds is 12. The zero-order chi connectivity index (χ0) is 43.3. The topological polar surface area (TPSA) is 131 Å². The number of aliphatic hydroxyl groups is 2. The summed E-state index contributed by atoms with van der Waals surface area (Å²) >= 11 is 0. The number of ether oxygens (including phenoxy) is 3. The Morgan fingerprint density at radius 2 is 1.44 bits per heavy atom. The molecule has 3 N–H and O–H groups in total. The third kappa shape index (κ3) is 7.69. The van der Waals surface area contributed by atoms with Gasteiger partial charge < -0.3 is 34.2 Å². The Hall–Kier alpha value is -3.47. The summed E-state index contributed by atoms with van der Waals surface area (Å²) in [6.07, 6.45) is 14.1. The van der Waals surface area contributed by atoms with Gasteiger partial charge in [-0.25, -0.2) is 9.59 Å². The zero-order valence-electron chi connectivity index (χ0n) is 37.6.